The van der Waals surface area contributed by atoms with Gasteiger partial charge in [0.2, 0.25) is 0 Å². The number of aryl methyl sites for hydroxylation is 2. The standard InChI is InChI=1S/C14H17NO4S/c16-13(17)7-10-8-15(4-5-19-10)14(18)12-6-9-2-1-3-11(9)20-12/h6,10H,1-5,7-8H2,(H,16,17). The van der Waals surface area contributed by atoms with Crippen LogP contribution in [0.3, 0.4) is 0 Å². The Morgan fingerprint density at radius 3 is 3.05 bits per heavy atom. The summed E-state index contributed by atoms with van der Waals surface area (Å²) in [4.78, 5) is 27.0. The second-order valence-corrected chi connectivity index (χ2v) is 6.39. The lowest BCUT2D eigenvalue weighted by molar-refractivity contribution is -0.141. The predicted octanol–water partition coefficient (Wildman–Crippen LogP) is 1.55. The summed E-state index contributed by atoms with van der Waals surface area (Å²) in [5, 5.41) is 8.81. The molecule has 5 nitrogen and oxygen atoms in total. The van der Waals surface area contributed by atoms with Crippen LogP contribution in [-0.2, 0) is 22.4 Å². The number of rotatable bonds is 3. The number of carboxylic acids is 1. The van der Waals surface area contributed by atoms with E-state index in [1.165, 1.54) is 16.9 Å². The summed E-state index contributed by atoms with van der Waals surface area (Å²) in [7, 11) is 0. The molecule has 1 atom stereocenters. The quantitative estimate of drug-likeness (QED) is 0.919. The van der Waals surface area contributed by atoms with Crippen molar-refractivity contribution in [2.24, 2.45) is 0 Å². The first-order valence-electron chi connectivity index (χ1n) is 6.88. The van der Waals surface area contributed by atoms with Crippen molar-refractivity contribution in [2.75, 3.05) is 19.7 Å². The molecule has 1 aromatic rings. The van der Waals surface area contributed by atoms with Gasteiger partial charge in [0, 0.05) is 18.0 Å². The average molecular weight is 295 g/mol. The maximum atomic E-state index is 12.5. The zero-order valence-electron chi connectivity index (χ0n) is 11.1. The van der Waals surface area contributed by atoms with Gasteiger partial charge in [-0.2, -0.15) is 0 Å². The molecule has 1 amide bonds. The molecule has 2 aliphatic rings. The predicted molar refractivity (Wildman–Crippen MR) is 74.2 cm³/mol. The van der Waals surface area contributed by atoms with E-state index in [0.717, 1.165) is 17.7 Å². The molecule has 3 rings (SSSR count). The lowest BCUT2D eigenvalue weighted by atomic mass is 10.2. The third-order valence-corrected chi connectivity index (χ3v) is 5.01. The number of carbonyl (C=O) groups is 2. The Morgan fingerprint density at radius 1 is 1.45 bits per heavy atom. The highest BCUT2D eigenvalue weighted by Crippen LogP contribution is 2.31. The second kappa shape index (κ2) is 5.54. The lowest BCUT2D eigenvalue weighted by Gasteiger charge is -2.32. The van der Waals surface area contributed by atoms with Gasteiger partial charge < -0.3 is 14.7 Å². The van der Waals surface area contributed by atoms with Gasteiger partial charge in [-0.1, -0.05) is 0 Å². The zero-order valence-corrected chi connectivity index (χ0v) is 11.9. The van der Waals surface area contributed by atoms with Crippen LogP contribution in [0.4, 0.5) is 0 Å². The number of hydrogen-bond donors (Lipinski definition) is 1. The molecule has 1 unspecified atom stereocenters. The minimum Gasteiger partial charge on any atom is -0.481 e. The van der Waals surface area contributed by atoms with Crippen LogP contribution < -0.4 is 0 Å². The number of morpholine rings is 1. The van der Waals surface area contributed by atoms with Crippen molar-refractivity contribution in [1.29, 1.82) is 0 Å². The second-order valence-electron chi connectivity index (χ2n) is 5.25. The van der Waals surface area contributed by atoms with E-state index in [0.29, 0.717) is 19.7 Å². The molecular weight excluding hydrogens is 278 g/mol. The number of fused-ring (bicyclic) bond motifs is 1. The van der Waals surface area contributed by atoms with Crippen molar-refractivity contribution in [3.8, 4) is 0 Å². The molecule has 108 valence electrons. The van der Waals surface area contributed by atoms with Crippen molar-refractivity contribution < 1.29 is 19.4 Å². The minimum absolute atomic E-state index is 0.0167. The van der Waals surface area contributed by atoms with Crippen LogP contribution >= 0.6 is 11.3 Å². The van der Waals surface area contributed by atoms with Crippen molar-refractivity contribution >= 4 is 23.2 Å². The van der Waals surface area contributed by atoms with Gasteiger partial charge in [0.1, 0.15) is 0 Å². The summed E-state index contributed by atoms with van der Waals surface area (Å²) in [5.74, 6) is -0.873. The Kier molecular flexibility index (Phi) is 3.76. The SMILES string of the molecule is O=C(O)CC1CN(C(=O)c2cc3c(s2)CCC3)CCO1. The average Bonchev–Trinajstić information content (AvgIpc) is 2.98. The summed E-state index contributed by atoms with van der Waals surface area (Å²) in [6.45, 7) is 1.32. The van der Waals surface area contributed by atoms with Crippen LogP contribution in [0.25, 0.3) is 0 Å². The fraction of sp³-hybridized carbons (Fsp3) is 0.571. The highest BCUT2D eigenvalue weighted by molar-refractivity contribution is 7.14. The molecule has 2 heterocycles. The first kappa shape index (κ1) is 13.6. The first-order valence-corrected chi connectivity index (χ1v) is 7.69. The molecule has 0 aromatic carbocycles. The number of nitrogens with zero attached hydrogens (tertiary/aromatic N) is 1. The molecule has 1 aliphatic carbocycles. The molecule has 1 N–H and O–H groups in total. The normalized spacial score (nSPS) is 21.8. The number of aliphatic carboxylic acids is 1. The van der Waals surface area contributed by atoms with Crippen LogP contribution in [0.15, 0.2) is 6.07 Å². The van der Waals surface area contributed by atoms with Crippen molar-refractivity contribution in [1.82, 2.24) is 4.90 Å². The van der Waals surface area contributed by atoms with E-state index in [1.807, 2.05) is 6.07 Å². The van der Waals surface area contributed by atoms with Crippen molar-refractivity contribution in [2.45, 2.75) is 31.8 Å². The smallest absolute Gasteiger partial charge is 0.306 e. The number of thiophene rings is 1. The zero-order chi connectivity index (χ0) is 14.1. The minimum atomic E-state index is -0.889. The van der Waals surface area contributed by atoms with Crippen LogP contribution in [-0.4, -0.2) is 47.7 Å². The molecule has 1 fully saturated rings. The third kappa shape index (κ3) is 2.71. The molecule has 0 spiro atoms. The maximum absolute atomic E-state index is 12.5. The number of carboxylic acid groups (broad SMARTS) is 1. The third-order valence-electron chi connectivity index (χ3n) is 3.79. The molecule has 6 heteroatoms. The maximum Gasteiger partial charge on any atom is 0.306 e. The monoisotopic (exact) mass is 295 g/mol. The van der Waals surface area contributed by atoms with E-state index >= 15 is 0 Å². The van der Waals surface area contributed by atoms with E-state index in [1.54, 1.807) is 16.2 Å². The van der Waals surface area contributed by atoms with E-state index < -0.39 is 12.1 Å². The Balaban J connectivity index is 1.68. The fourth-order valence-electron chi connectivity index (χ4n) is 2.81. The van der Waals surface area contributed by atoms with Gasteiger partial charge in [0.05, 0.1) is 24.0 Å². The Labute approximate surface area is 121 Å². The van der Waals surface area contributed by atoms with Gasteiger partial charge in [-0.3, -0.25) is 9.59 Å². The Bertz CT molecular complexity index is 518. The Morgan fingerprint density at radius 2 is 2.30 bits per heavy atom. The van der Waals surface area contributed by atoms with Crippen LogP contribution in [0, 0.1) is 0 Å². The van der Waals surface area contributed by atoms with E-state index in [2.05, 4.69) is 0 Å². The first-order chi connectivity index (χ1) is 9.63. The molecule has 0 radical (unpaired) electrons. The fourth-order valence-corrected chi connectivity index (χ4v) is 4.03. The summed E-state index contributed by atoms with van der Waals surface area (Å²) in [6.07, 6.45) is 2.90. The van der Waals surface area contributed by atoms with Gasteiger partial charge in [0.15, 0.2) is 0 Å². The number of amides is 1. The topological polar surface area (TPSA) is 66.8 Å². The van der Waals surface area contributed by atoms with Gasteiger partial charge in [-0.15, -0.1) is 11.3 Å². The Hall–Kier alpha value is -1.40. The highest BCUT2D eigenvalue weighted by atomic mass is 32.1. The number of ether oxygens (including phenoxy) is 1. The van der Waals surface area contributed by atoms with Gasteiger partial charge >= 0.3 is 5.97 Å². The molecule has 0 saturated carbocycles. The summed E-state index contributed by atoms with van der Waals surface area (Å²) in [6, 6.07) is 2.01. The molecule has 1 aromatic heterocycles. The van der Waals surface area contributed by atoms with Crippen molar-refractivity contribution in [3.05, 3.63) is 21.4 Å². The molecular formula is C14H17NO4S. The number of carbonyl (C=O) groups excluding carboxylic acids is 1. The highest BCUT2D eigenvalue weighted by Gasteiger charge is 2.28. The number of hydrogen-bond acceptors (Lipinski definition) is 4. The van der Waals surface area contributed by atoms with Gasteiger partial charge in [-0.05, 0) is 30.9 Å². The molecule has 1 saturated heterocycles. The molecule has 20 heavy (non-hydrogen) atoms. The largest absolute Gasteiger partial charge is 0.481 e. The summed E-state index contributed by atoms with van der Waals surface area (Å²) >= 11 is 1.59. The van der Waals surface area contributed by atoms with Crippen molar-refractivity contribution in [3.63, 3.8) is 0 Å². The van der Waals surface area contributed by atoms with E-state index in [9.17, 15) is 9.59 Å². The summed E-state index contributed by atoms with van der Waals surface area (Å²) < 4.78 is 5.40. The molecule has 0 bridgehead atoms. The molecule has 1 aliphatic heterocycles. The lowest BCUT2D eigenvalue weighted by Crippen LogP contribution is -2.46. The van der Waals surface area contributed by atoms with Crippen LogP contribution in [0.1, 0.15) is 33.0 Å². The van der Waals surface area contributed by atoms with Gasteiger partial charge in [0.25, 0.3) is 5.91 Å². The van der Waals surface area contributed by atoms with Crippen LogP contribution in [0.5, 0.6) is 0 Å². The van der Waals surface area contributed by atoms with E-state index in [4.69, 9.17) is 9.84 Å². The summed E-state index contributed by atoms with van der Waals surface area (Å²) in [5.41, 5.74) is 1.31. The van der Waals surface area contributed by atoms with Crippen LogP contribution in [0.2, 0.25) is 0 Å². The van der Waals surface area contributed by atoms with E-state index in [-0.39, 0.29) is 12.3 Å². The van der Waals surface area contributed by atoms with Gasteiger partial charge in [-0.25, -0.2) is 0 Å².